The van der Waals surface area contributed by atoms with Crippen LogP contribution in [0.15, 0.2) is 18.2 Å². The topological polar surface area (TPSA) is 15.3 Å². The number of benzene rings is 1. The summed E-state index contributed by atoms with van der Waals surface area (Å²) in [5.41, 5.74) is 4.48. The van der Waals surface area contributed by atoms with Gasteiger partial charge in [-0.15, -0.1) is 0 Å². The highest BCUT2D eigenvalue weighted by atomic mass is 15.2. The van der Waals surface area contributed by atoms with Crippen LogP contribution in [0.4, 0.5) is 5.69 Å². The van der Waals surface area contributed by atoms with E-state index in [4.69, 9.17) is 0 Å². The summed E-state index contributed by atoms with van der Waals surface area (Å²) in [6.07, 6.45) is 5.34. The van der Waals surface area contributed by atoms with Gasteiger partial charge < -0.3 is 10.2 Å². The predicted octanol–water partition coefficient (Wildman–Crippen LogP) is 3.52. The van der Waals surface area contributed by atoms with E-state index in [0.717, 1.165) is 12.0 Å². The Kier molecular flexibility index (Phi) is 4.02. The largest absolute Gasteiger partial charge is 0.368 e. The first-order valence-corrected chi connectivity index (χ1v) is 8.24. The Labute approximate surface area is 123 Å². The molecule has 1 N–H and O–H groups in total. The maximum atomic E-state index is 3.62. The van der Waals surface area contributed by atoms with Crippen LogP contribution < -0.4 is 10.2 Å². The second-order valence-corrected chi connectivity index (χ2v) is 6.90. The van der Waals surface area contributed by atoms with E-state index in [2.05, 4.69) is 49.2 Å². The fraction of sp³-hybridized carbons (Fsp3) is 0.667. The molecule has 20 heavy (non-hydrogen) atoms. The van der Waals surface area contributed by atoms with Crippen LogP contribution in [0.25, 0.3) is 0 Å². The number of rotatable bonds is 4. The zero-order valence-electron chi connectivity index (χ0n) is 13.2. The van der Waals surface area contributed by atoms with E-state index in [1.54, 1.807) is 5.56 Å². The standard InChI is InChI=1S/C18H28N2/c1-13(2)19-12-16-7-9-18(16)20-10-4-5-15-11-14(3)6-8-17(15)20/h6,8,11,13,16,18-19H,4-5,7,9-10,12H2,1-3H3. The van der Waals surface area contributed by atoms with Crippen molar-refractivity contribution in [1.29, 1.82) is 0 Å². The summed E-state index contributed by atoms with van der Waals surface area (Å²) in [5, 5.41) is 3.62. The van der Waals surface area contributed by atoms with Gasteiger partial charge in [0, 0.05) is 30.9 Å². The van der Waals surface area contributed by atoms with Crippen LogP contribution in [0, 0.1) is 12.8 Å². The lowest BCUT2D eigenvalue weighted by molar-refractivity contribution is 0.227. The molecule has 0 spiro atoms. The molecule has 1 aliphatic carbocycles. The first kappa shape index (κ1) is 13.9. The van der Waals surface area contributed by atoms with E-state index in [0.29, 0.717) is 6.04 Å². The van der Waals surface area contributed by atoms with Crippen molar-refractivity contribution in [2.45, 2.75) is 58.5 Å². The lowest BCUT2D eigenvalue weighted by Gasteiger charge is -2.48. The summed E-state index contributed by atoms with van der Waals surface area (Å²) >= 11 is 0. The van der Waals surface area contributed by atoms with Crippen LogP contribution in [0.5, 0.6) is 0 Å². The van der Waals surface area contributed by atoms with Gasteiger partial charge in [0.2, 0.25) is 0 Å². The molecular formula is C18H28N2. The Morgan fingerprint density at radius 2 is 2.15 bits per heavy atom. The third-order valence-electron chi connectivity index (χ3n) is 4.96. The number of aryl methyl sites for hydroxylation is 2. The minimum absolute atomic E-state index is 0.604. The Morgan fingerprint density at radius 1 is 1.30 bits per heavy atom. The minimum atomic E-state index is 0.604. The van der Waals surface area contributed by atoms with Crippen molar-refractivity contribution in [2.75, 3.05) is 18.0 Å². The van der Waals surface area contributed by atoms with Crippen LogP contribution in [0.1, 0.15) is 44.2 Å². The van der Waals surface area contributed by atoms with Crippen molar-refractivity contribution in [3.05, 3.63) is 29.3 Å². The molecule has 0 radical (unpaired) electrons. The highest BCUT2D eigenvalue weighted by Crippen LogP contribution is 2.38. The fourth-order valence-corrected chi connectivity index (χ4v) is 3.69. The van der Waals surface area contributed by atoms with Gasteiger partial charge in [-0.2, -0.15) is 0 Å². The van der Waals surface area contributed by atoms with Crippen molar-refractivity contribution >= 4 is 5.69 Å². The van der Waals surface area contributed by atoms with Crippen molar-refractivity contribution in [1.82, 2.24) is 5.32 Å². The van der Waals surface area contributed by atoms with Crippen molar-refractivity contribution < 1.29 is 0 Å². The monoisotopic (exact) mass is 272 g/mol. The molecule has 2 unspecified atom stereocenters. The molecule has 1 heterocycles. The lowest BCUT2D eigenvalue weighted by Crippen LogP contribution is -2.52. The van der Waals surface area contributed by atoms with Gasteiger partial charge in [-0.25, -0.2) is 0 Å². The van der Waals surface area contributed by atoms with Gasteiger partial charge in [0.25, 0.3) is 0 Å². The van der Waals surface area contributed by atoms with Gasteiger partial charge in [-0.05, 0) is 50.2 Å². The Balaban J connectivity index is 1.72. The molecule has 110 valence electrons. The van der Waals surface area contributed by atoms with E-state index in [1.807, 2.05) is 0 Å². The predicted molar refractivity (Wildman–Crippen MR) is 86.5 cm³/mol. The zero-order chi connectivity index (χ0) is 14.1. The van der Waals surface area contributed by atoms with Gasteiger partial charge in [0.05, 0.1) is 0 Å². The van der Waals surface area contributed by atoms with Crippen LogP contribution in [-0.4, -0.2) is 25.2 Å². The minimum Gasteiger partial charge on any atom is -0.368 e. The number of hydrogen-bond acceptors (Lipinski definition) is 2. The molecule has 1 fully saturated rings. The maximum Gasteiger partial charge on any atom is 0.0401 e. The quantitative estimate of drug-likeness (QED) is 0.902. The molecule has 1 aliphatic heterocycles. The van der Waals surface area contributed by atoms with Crippen molar-refractivity contribution in [3.63, 3.8) is 0 Å². The SMILES string of the molecule is Cc1ccc2c(c1)CCCN2C1CCC1CNC(C)C. The molecule has 0 saturated heterocycles. The summed E-state index contributed by atoms with van der Waals surface area (Å²) in [6, 6.07) is 8.39. The Morgan fingerprint density at radius 3 is 2.85 bits per heavy atom. The van der Waals surface area contributed by atoms with Crippen LogP contribution in [-0.2, 0) is 6.42 Å². The summed E-state index contributed by atoms with van der Waals surface area (Å²) in [4.78, 5) is 2.70. The molecule has 1 aromatic carbocycles. The van der Waals surface area contributed by atoms with Gasteiger partial charge in [-0.3, -0.25) is 0 Å². The molecular weight excluding hydrogens is 244 g/mol. The van der Waals surface area contributed by atoms with E-state index >= 15 is 0 Å². The average molecular weight is 272 g/mol. The smallest absolute Gasteiger partial charge is 0.0401 e. The molecule has 1 saturated carbocycles. The molecule has 3 rings (SSSR count). The van der Waals surface area contributed by atoms with Gasteiger partial charge in [0.15, 0.2) is 0 Å². The molecule has 2 nitrogen and oxygen atoms in total. The summed E-state index contributed by atoms with van der Waals surface area (Å²) < 4.78 is 0. The molecule has 2 heteroatoms. The third-order valence-corrected chi connectivity index (χ3v) is 4.96. The summed E-state index contributed by atoms with van der Waals surface area (Å²) in [7, 11) is 0. The zero-order valence-corrected chi connectivity index (χ0v) is 13.2. The highest BCUT2D eigenvalue weighted by Gasteiger charge is 2.36. The summed E-state index contributed by atoms with van der Waals surface area (Å²) in [6.45, 7) is 9.12. The van der Waals surface area contributed by atoms with Crippen LogP contribution >= 0.6 is 0 Å². The number of hydrogen-bond donors (Lipinski definition) is 1. The Bertz CT molecular complexity index is 466. The van der Waals surface area contributed by atoms with E-state index in [1.165, 1.54) is 50.0 Å². The number of fused-ring (bicyclic) bond motifs is 1. The van der Waals surface area contributed by atoms with E-state index in [-0.39, 0.29) is 0 Å². The second kappa shape index (κ2) is 5.77. The fourth-order valence-electron chi connectivity index (χ4n) is 3.69. The molecule has 0 aromatic heterocycles. The van der Waals surface area contributed by atoms with E-state index < -0.39 is 0 Å². The Hall–Kier alpha value is -1.02. The normalized spacial score (nSPS) is 25.5. The first-order chi connectivity index (χ1) is 9.65. The van der Waals surface area contributed by atoms with E-state index in [9.17, 15) is 0 Å². The number of nitrogens with one attached hydrogen (secondary N) is 1. The molecule has 1 aromatic rings. The number of anilines is 1. The lowest BCUT2D eigenvalue weighted by atomic mass is 9.77. The third kappa shape index (κ3) is 2.71. The maximum absolute atomic E-state index is 3.62. The van der Waals surface area contributed by atoms with Gasteiger partial charge in [-0.1, -0.05) is 31.5 Å². The molecule has 0 bridgehead atoms. The van der Waals surface area contributed by atoms with Crippen LogP contribution in [0.3, 0.4) is 0 Å². The van der Waals surface area contributed by atoms with Gasteiger partial charge >= 0.3 is 0 Å². The number of nitrogens with zero attached hydrogens (tertiary/aromatic N) is 1. The highest BCUT2D eigenvalue weighted by molar-refractivity contribution is 5.58. The van der Waals surface area contributed by atoms with Gasteiger partial charge in [0.1, 0.15) is 0 Å². The average Bonchev–Trinajstić information content (AvgIpc) is 2.37. The second-order valence-electron chi connectivity index (χ2n) is 6.90. The van der Waals surface area contributed by atoms with Crippen LogP contribution in [0.2, 0.25) is 0 Å². The molecule has 2 atom stereocenters. The molecule has 2 aliphatic rings. The first-order valence-electron chi connectivity index (χ1n) is 8.24. The van der Waals surface area contributed by atoms with Crippen molar-refractivity contribution in [3.8, 4) is 0 Å². The van der Waals surface area contributed by atoms with Crippen molar-refractivity contribution in [2.24, 2.45) is 5.92 Å². The molecule has 0 amide bonds. The summed E-state index contributed by atoms with van der Waals surface area (Å²) in [5.74, 6) is 0.838.